The highest BCUT2D eigenvalue weighted by Gasteiger charge is 2.32. The zero-order valence-corrected chi connectivity index (χ0v) is 49.7. The van der Waals surface area contributed by atoms with Gasteiger partial charge in [-0.25, -0.2) is 0 Å². The van der Waals surface area contributed by atoms with Crippen molar-refractivity contribution in [2.45, 2.75) is 177 Å². The number of carbonyl (C=O) groups is 9. The molecule has 28 heteroatoms. The fourth-order valence-electron chi connectivity index (χ4n) is 8.19. The van der Waals surface area contributed by atoms with E-state index in [-0.39, 0.29) is 70.0 Å². The van der Waals surface area contributed by atoms with Gasteiger partial charge in [-0.1, -0.05) is 0 Å². The molecule has 1 unspecified atom stereocenters. The smallest absolute Gasteiger partial charge is 0.243 e. The highest BCUT2D eigenvalue weighted by molar-refractivity contribution is 7.98. The van der Waals surface area contributed by atoms with Gasteiger partial charge in [-0.05, 0) is 211 Å². The average Bonchev–Trinajstić information content (AvgIpc) is 3.43. The van der Waals surface area contributed by atoms with Gasteiger partial charge >= 0.3 is 0 Å². The van der Waals surface area contributed by atoms with Crippen molar-refractivity contribution in [3.8, 4) is 0 Å². The summed E-state index contributed by atoms with van der Waals surface area (Å²) in [6.45, 7) is 3.92. The van der Waals surface area contributed by atoms with Gasteiger partial charge in [0.05, 0.1) is 13.1 Å². The highest BCUT2D eigenvalue weighted by Crippen LogP contribution is 2.11. The monoisotopic (exact) mass is 1180 g/mol. The van der Waals surface area contributed by atoms with E-state index in [4.69, 9.17) is 40.1 Å². The van der Waals surface area contributed by atoms with Crippen LogP contribution < -0.4 is 93.3 Å². The molecule has 464 valence electrons. The van der Waals surface area contributed by atoms with Crippen LogP contribution in [0.25, 0.3) is 0 Å². The third kappa shape index (κ3) is 37.6. The summed E-state index contributed by atoms with van der Waals surface area (Å²) >= 11 is 2.93. The maximum Gasteiger partial charge on any atom is 0.243 e. The second-order valence-corrected chi connectivity index (χ2v) is 21.8. The summed E-state index contributed by atoms with van der Waals surface area (Å²) in [5.74, 6) is -3.97. The van der Waals surface area contributed by atoms with Crippen LogP contribution in [-0.4, -0.2) is 191 Å². The Morgan fingerprint density at radius 2 is 0.588 bits per heavy atom. The van der Waals surface area contributed by atoms with Crippen LogP contribution in [0.5, 0.6) is 0 Å². The SMILES string of the molecule is CSCC[C@H](NC(=O)[C@@H](CCCCN)NC(=O)[C@H](CCCCN)NC(=O)CNCCCCN)C(=O)NCCCCC(NC(=O)[C@H](CCSC)NC(=O)[C@@H](CCCCN)NC(=O)[C@H](CCCCN)NC(=O)CNCCCCN)C(N)=O. The molecule has 0 fully saturated rings. The molecule has 26 nitrogen and oxygen atoms in total. The summed E-state index contributed by atoms with van der Waals surface area (Å²) < 4.78 is 0. The van der Waals surface area contributed by atoms with Crippen LogP contribution >= 0.6 is 23.5 Å². The van der Waals surface area contributed by atoms with Gasteiger partial charge in [-0.2, -0.15) is 23.5 Å². The molecule has 0 aliphatic rings. The third-order valence-corrected chi connectivity index (χ3v) is 14.2. The van der Waals surface area contributed by atoms with Crippen molar-refractivity contribution in [2.24, 2.45) is 40.1 Å². The van der Waals surface area contributed by atoms with E-state index in [0.29, 0.717) is 134 Å². The standard InChI is InChI=1S/C52H105N17O9S2/c1-79-33-22-42(68-50(76)40(20-5-10-26-55)66-48(74)38(18-3-8-24-53)63-44(70)35-60-30-15-12-28-57)47(73)62-32-14-7-17-37(46(59)72)65-52(78)43(23-34-80-2)69-51(77)41(21-6-11-27-56)67-49(75)39(19-4-9-25-54)64-45(71)36-61-31-16-13-29-58/h37-43,60-61H,3-36,53-58H2,1-2H3,(H2,59,72)(H,62,73)(H,63,70)(H,64,71)(H,65,78)(H,66,74)(H,67,75)(H,68,76)(H,69,77)/t37?,38-,39-,40+,41+,42-,43-/m0/s1. The predicted octanol–water partition coefficient (Wildman–Crippen LogP) is -3.17. The number of carbonyl (C=O) groups excluding carboxylic acids is 9. The first-order valence-electron chi connectivity index (χ1n) is 28.8. The first kappa shape index (κ1) is 75.6. The normalized spacial score (nSPS) is 13.8. The molecule has 0 aliphatic heterocycles. The molecule has 0 bridgehead atoms. The van der Waals surface area contributed by atoms with Gasteiger partial charge in [0.15, 0.2) is 0 Å². The average molecular weight is 1180 g/mol. The van der Waals surface area contributed by atoms with E-state index in [1.807, 2.05) is 12.5 Å². The van der Waals surface area contributed by atoms with Crippen molar-refractivity contribution in [3.63, 3.8) is 0 Å². The number of thioether (sulfide) groups is 2. The molecule has 0 rings (SSSR count). The zero-order chi connectivity index (χ0) is 59.8. The van der Waals surface area contributed by atoms with Crippen molar-refractivity contribution in [2.75, 3.05) is 96.0 Å². The predicted molar refractivity (Wildman–Crippen MR) is 320 cm³/mol. The van der Waals surface area contributed by atoms with Crippen molar-refractivity contribution in [1.82, 2.24) is 53.2 Å². The van der Waals surface area contributed by atoms with Gasteiger partial charge in [0.1, 0.15) is 42.3 Å². The Morgan fingerprint density at radius 1 is 0.325 bits per heavy atom. The van der Waals surface area contributed by atoms with Crippen molar-refractivity contribution in [1.29, 1.82) is 0 Å². The summed E-state index contributed by atoms with van der Waals surface area (Å²) in [5.41, 5.74) is 39.8. The molecular weight excluding hydrogens is 1070 g/mol. The molecule has 7 atom stereocenters. The fourth-order valence-corrected chi connectivity index (χ4v) is 9.14. The Morgan fingerprint density at radius 3 is 0.912 bits per heavy atom. The highest BCUT2D eigenvalue weighted by atomic mass is 32.2. The van der Waals surface area contributed by atoms with E-state index in [1.165, 1.54) is 23.5 Å². The lowest BCUT2D eigenvalue weighted by Crippen LogP contribution is -2.58. The molecular formula is C52H105N17O9S2. The van der Waals surface area contributed by atoms with Crippen LogP contribution in [0.15, 0.2) is 0 Å². The Bertz CT molecular complexity index is 1750. The van der Waals surface area contributed by atoms with Gasteiger partial charge < -0.3 is 93.3 Å². The molecule has 0 aromatic carbocycles. The Balaban J connectivity index is 5.94. The lowest BCUT2D eigenvalue weighted by molar-refractivity contribution is -0.134. The minimum atomic E-state index is -1.13. The number of amides is 9. The van der Waals surface area contributed by atoms with Crippen LogP contribution in [0.3, 0.4) is 0 Å². The molecule has 0 saturated heterocycles. The van der Waals surface area contributed by atoms with Crippen LogP contribution in [0.1, 0.15) is 135 Å². The maximum atomic E-state index is 14.0. The number of hydrogen-bond donors (Lipinski definition) is 17. The largest absolute Gasteiger partial charge is 0.368 e. The first-order valence-corrected chi connectivity index (χ1v) is 31.6. The second kappa shape index (κ2) is 50.3. The molecule has 0 spiro atoms. The Hall–Kier alpha value is -4.39. The van der Waals surface area contributed by atoms with E-state index >= 15 is 0 Å². The summed E-state index contributed by atoms with van der Waals surface area (Å²) in [4.78, 5) is 121. The topological polar surface area (TPSA) is 456 Å². The molecule has 0 aliphatic carbocycles. The lowest BCUT2D eigenvalue weighted by atomic mass is 10.0. The summed E-state index contributed by atoms with van der Waals surface area (Å²) in [5, 5.41) is 28.4. The van der Waals surface area contributed by atoms with Crippen LogP contribution in [0.4, 0.5) is 0 Å². The van der Waals surface area contributed by atoms with E-state index in [1.54, 1.807) is 0 Å². The van der Waals surface area contributed by atoms with E-state index in [9.17, 15) is 43.2 Å². The van der Waals surface area contributed by atoms with Crippen molar-refractivity contribution in [3.05, 3.63) is 0 Å². The molecule has 24 N–H and O–H groups in total. The number of nitrogens with two attached hydrogens (primary N) is 7. The quantitative estimate of drug-likeness (QED) is 0.0267. The minimum absolute atomic E-state index is 0.00111. The third-order valence-electron chi connectivity index (χ3n) is 12.9. The van der Waals surface area contributed by atoms with Gasteiger partial charge in [0, 0.05) is 6.54 Å². The molecule has 9 amide bonds. The number of unbranched alkanes of at least 4 members (excludes halogenated alkanes) is 7. The van der Waals surface area contributed by atoms with Crippen molar-refractivity contribution >= 4 is 76.7 Å². The molecule has 0 aromatic heterocycles. The number of primary amides is 1. The minimum Gasteiger partial charge on any atom is -0.368 e. The van der Waals surface area contributed by atoms with Crippen LogP contribution in [0.2, 0.25) is 0 Å². The van der Waals surface area contributed by atoms with Gasteiger partial charge in [0.2, 0.25) is 53.2 Å². The molecule has 80 heavy (non-hydrogen) atoms. The summed E-state index contributed by atoms with van der Waals surface area (Å²) in [6.07, 6.45) is 13.7. The molecule has 0 heterocycles. The lowest BCUT2D eigenvalue weighted by Gasteiger charge is -2.26. The number of hydrogen-bond acceptors (Lipinski definition) is 19. The van der Waals surface area contributed by atoms with Crippen molar-refractivity contribution < 1.29 is 43.2 Å². The molecule has 0 aromatic rings. The van der Waals surface area contributed by atoms with Crippen LogP contribution in [0, 0.1) is 0 Å². The van der Waals surface area contributed by atoms with Gasteiger partial charge in [0.25, 0.3) is 0 Å². The van der Waals surface area contributed by atoms with E-state index in [0.717, 1.165) is 25.7 Å². The first-order chi connectivity index (χ1) is 38.6. The van der Waals surface area contributed by atoms with Gasteiger partial charge in [-0.15, -0.1) is 0 Å². The fraction of sp³-hybridized carbons (Fsp3) is 0.827. The van der Waals surface area contributed by atoms with Gasteiger partial charge in [-0.3, -0.25) is 43.2 Å². The summed E-state index contributed by atoms with van der Waals surface area (Å²) in [6, 6.07) is -7.18. The van der Waals surface area contributed by atoms with E-state index < -0.39 is 83.6 Å². The molecule has 0 radical (unpaired) electrons. The maximum absolute atomic E-state index is 14.0. The zero-order valence-electron chi connectivity index (χ0n) is 48.1. The number of nitrogens with one attached hydrogen (secondary N) is 10. The Labute approximate surface area is 484 Å². The van der Waals surface area contributed by atoms with Crippen LogP contribution in [-0.2, 0) is 43.2 Å². The summed E-state index contributed by atoms with van der Waals surface area (Å²) in [7, 11) is 0. The second-order valence-electron chi connectivity index (χ2n) is 19.8. The Kier molecular flexibility index (Phi) is 47.6. The molecule has 0 saturated carbocycles. The van der Waals surface area contributed by atoms with E-state index in [2.05, 4.69) is 53.2 Å². The number of rotatable bonds is 53.